The van der Waals surface area contributed by atoms with E-state index in [4.69, 9.17) is 23.7 Å². The van der Waals surface area contributed by atoms with Gasteiger partial charge in [-0.1, -0.05) is 38.1 Å². The van der Waals surface area contributed by atoms with E-state index in [1.54, 1.807) is 17.5 Å². The molecule has 0 saturated heterocycles. The second-order valence-electron chi connectivity index (χ2n) is 13.6. The van der Waals surface area contributed by atoms with Crippen LogP contribution < -0.4 is 20.7 Å². The minimum atomic E-state index is -1.05. The summed E-state index contributed by atoms with van der Waals surface area (Å²) in [5.41, 5.74) is 3.67. The highest BCUT2D eigenvalue weighted by atomic mass is 32.1. The number of fused-ring (bicyclic) bond motifs is 1. The lowest BCUT2D eigenvalue weighted by Crippen LogP contribution is -2.39. The molecule has 0 aliphatic heterocycles. The van der Waals surface area contributed by atoms with Crippen LogP contribution in [0.15, 0.2) is 66.2 Å². The van der Waals surface area contributed by atoms with Gasteiger partial charge in [0.05, 0.1) is 70.0 Å². The lowest BCUT2D eigenvalue weighted by atomic mass is 9.97. The largest absolute Gasteiger partial charge is 0.490 e. The Kier molecular flexibility index (Phi) is 19.6. The number of ether oxygens (including phenoxy) is 5. The number of nitrogens with one attached hydrogen (secondary N) is 3. The number of thiophene rings is 1. The summed E-state index contributed by atoms with van der Waals surface area (Å²) < 4.78 is 29.4. The van der Waals surface area contributed by atoms with Crippen LogP contribution >= 0.6 is 11.3 Å². The fraction of sp³-hybridized carbons (Fsp3) is 0.476. The Balaban J connectivity index is 1.17. The molecule has 1 atom stereocenters. The summed E-state index contributed by atoms with van der Waals surface area (Å²) in [4.78, 5) is 41.0. The van der Waals surface area contributed by atoms with Crippen LogP contribution in [0.3, 0.4) is 0 Å². The van der Waals surface area contributed by atoms with Crippen molar-refractivity contribution in [2.75, 3.05) is 77.9 Å². The molecule has 304 valence electrons. The van der Waals surface area contributed by atoms with Crippen LogP contribution in [0.4, 0.5) is 5.82 Å². The van der Waals surface area contributed by atoms with Gasteiger partial charge in [0.25, 0.3) is 0 Å². The molecule has 13 nitrogen and oxygen atoms in total. The van der Waals surface area contributed by atoms with Gasteiger partial charge in [0, 0.05) is 31.2 Å². The van der Waals surface area contributed by atoms with Crippen molar-refractivity contribution >= 4 is 45.0 Å². The van der Waals surface area contributed by atoms with Gasteiger partial charge < -0.3 is 44.7 Å². The van der Waals surface area contributed by atoms with Gasteiger partial charge in [-0.05, 0) is 83.6 Å². The highest BCUT2D eigenvalue weighted by Crippen LogP contribution is 2.38. The van der Waals surface area contributed by atoms with E-state index in [1.165, 1.54) is 0 Å². The van der Waals surface area contributed by atoms with Crippen molar-refractivity contribution in [3.63, 3.8) is 0 Å². The molecule has 0 aliphatic rings. The number of aliphatic carboxylic acids is 1. The van der Waals surface area contributed by atoms with E-state index in [1.807, 2.05) is 66.9 Å². The summed E-state index contributed by atoms with van der Waals surface area (Å²) in [5.74, 6) is 0.365. The molecular formula is C42H56N4O9S. The average Bonchev–Trinajstić information content (AvgIpc) is 3.67. The first-order valence-corrected chi connectivity index (χ1v) is 20.1. The van der Waals surface area contributed by atoms with Crippen molar-refractivity contribution in [3.05, 3.63) is 77.3 Å². The molecule has 56 heavy (non-hydrogen) atoms. The average molecular weight is 793 g/mol. The lowest BCUT2D eigenvalue weighted by Gasteiger charge is -2.18. The van der Waals surface area contributed by atoms with Gasteiger partial charge in [-0.3, -0.25) is 14.4 Å². The highest BCUT2D eigenvalue weighted by molar-refractivity contribution is 7.17. The molecular weight excluding hydrogens is 737 g/mol. The van der Waals surface area contributed by atoms with Gasteiger partial charge in [-0.2, -0.15) is 0 Å². The Morgan fingerprint density at radius 1 is 0.821 bits per heavy atom. The molecule has 2 heterocycles. The van der Waals surface area contributed by atoms with Crippen molar-refractivity contribution < 1.29 is 43.2 Å². The number of hydrogen-bond acceptors (Lipinski definition) is 11. The van der Waals surface area contributed by atoms with Gasteiger partial charge in [0.2, 0.25) is 11.8 Å². The molecule has 4 rings (SSSR count). The monoisotopic (exact) mass is 792 g/mol. The van der Waals surface area contributed by atoms with Gasteiger partial charge in [0.1, 0.15) is 18.2 Å². The summed E-state index contributed by atoms with van der Waals surface area (Å²) in [7, 11) is 0. The maximum absolute atomic E-state index is 12.8. The quantitative estimate of drug-likeness (QED) is 0.0470. The van der Waals surface area contributed by atoms with Crippen LogP contribution in [-0.2, 0) is 33.3 Å². The van der Waals surface area contributed by atoms with Crippen LogP contribution in [0.2, 0.25) is 0 Å². The molecule has 0 bridgehead atoms. The Morgan fingerprint density at radius 2 is 1.50 bits per heavy atom. The topological polar surface area (TPSA) is 167 Å². The first-order valence-electron chi connectivity index (χ1n) is 19.2. The van der Waals surface area contributed by atoms with Crippen LogP contribution in [0, 0.1) is 12.8 Å². The number of pyridine rings is 1. The summed E-state index contributed by atoms with van der Waals surface area (Å²) >= 11 is 1.59. The Morgan fingerprint density at radius 3 is 2.16 bits per heavy atom. The number of nitrogens with zero attached hydrogens (tertiary/aromatic N) is 1. The van der Waals surface area contributed by atoms with Crippen molar-refractivity contribution in [2.24, 2.45) is 5.92 Å². The summed E-state index contributed by atoms with van der Waals surface area (Å²) in [6.45, 7) is 11.4. The van der Waals surface area contributed by atoms with Gasteiger partial charge >= 0.3 is 5.97 Å². The second-order valence-corrected chi connectivity index (χ2v) is 14.5. The van der Waals surface area contributed by atoms with Gasteiger partial charge in [0.15, 0.2) is 0 Å². The first kappa shape index (κ1) is 44.1. The number of aryl methyl sites for hydroxylation is 1. The molecule has 2 aromatic heterocycles. The first-order chi connectivity index (χ1) is 27.2. The third kappa shape index (κ3) is 16.2. The molecule has 0 radical (unpaired) electrons. The summed E-state index contributed by atoms with van der Waals surface area (Å²) in [5, 5.41) is 21.2. The maximum atomic E-state index is 12.8. The van der Waals surface area contributed by atoms with Gasteiger partial charge in [-0.25, -0.2) is 4.98 Å². The van der Waals surface area contributed by atoms with E-state index in [2.05, 4.69) is 34.8 Å². The normalized spacial score (nSPS) is 11.8. The predicted octanol–water partition coefficient (Wildman–Crippen LogP) is 6.40. The van der Waals surface area contributed by atoms with Crippen LogP contribution in [0.5, 0.6) is 5.75 Å². The van der Waals surface area contributed by atoms with E-state index in [-0.39, 0.29) is 25.3 Å². The number of carbonyl (C=O) groups excluding carboxylic acids is 2. The second kappa shape index (κ2) is 24.8. The van der Waals surface area contributed by atoms with E-state index in [9.17, 15) is 19.5 Å². The van der Waals surface area contributed by atoms with Crippen molar-refractivity contribution in [1.82, 2.24) is 15.6 Å². The molecule has 4 N–H and O–H groups in total. The van der Waals surface area contributed by atoms with Crippen LogP contribution in [0.1, 0.15) is 56.7 Å². The third-order valence-corrected chi connectivity index (χ3v) is 9.54. The van der Waals surface area contributed by atoms with E-state index < -0.39 is 17.9 Å². The Bertz CT molecular complexity index is 1780. The zero-order valence-corrected chi connectivity index (χ0v) is 33.5. The number of aromatic nitrogens is 1. The minimum absolute atomic E-state index is 0.230. The molecule has 14 heteroatoms. The molecule has 2 amide bonds. The SMILES string of the molecule is Cc1ccnc(NCCCC(=O)NCC(=O)N[C@@H](CC(=O)O)c2ccc(-c3ccc(OCCOCCOCCOCCOCCC(C)C)c4sccc34)cc2)c1. The smallest absolute Gasteiger partial charge is 0.305 e. The van der Waals surface area contributed by atoms with Crippen molar-refractivity contribution in [1.29, 1.82) is 0 Å². The minimum Gasteiger partial charge on any atom is -0.490 e. The molecule has 0 aliphatic carbocycles. The van der Waals surface area contributed by atoms with E-state index >= 15 is 0 Å². The predicted molar refractivity (Wildman–Crippen MR) is 218 cm³/mol. The molecule has 0 saturated carbocycles. The fourth-order valence-electron chi connectivity index (χ4n) is 5.63. The summed E-state index contributed by atoms with van der Waals surface area (Å²) in [6.07, 6.45) is 3.26. The number of benzene rings is 2. The molecule has 2 aromatic carbocycles. The van der Waals surface area contributed by atoms with E-state index in [0.29, 0.717) is 77.3 Å². The zero-order chi connectivity index (χ0) is 40.0. The molecule has 0 fully saturated rings. The van der Waals surface area contributed by atoms with Gasteiger partial charge in [-0.15, -0.1) is 11.3 Å². The number of carboxylic acids is 1. The van der Waals surface area contributed by atoms with E-state index in [0.717, 1.165) is 51.4 Å². The van der Waals surface area contributed by atoms with Crippen molar-refractivity contribution in [3.8, 4) is 16.9 Å². The third-order valence-electron chi connectivity index (χ3n) is 8.61. The Hall–Kier alpha value is -4.60. The standard InChI is InChI=1S/C42H56N4O9S/c1-30(2)13-17-51-18-19-52-20-21-53-22-23-54-24-25-55-37-11-10-34(35-14-26-56-42(35)37)32-6-8-33(9-7-32)36(28-41(49)50)46-40(48)29-45-39(47)5-4-15-43-38-27-31(3)12-16-44-38/h6-12,14,16,26-27,30,36H,4-5,13,15,17-25,28-29H2,1-3H3,(H,43,44)(H,45,47)(H,46,48)(H,49,50)/t36-/m0/s1. The molecule has 0 unspecified atom stereocenters. The molecule has 4 aromatic rings. The van der Waals surface area contributed by atoms with Crippen LogP contribution in [-0.4, -0.2) is 100 Å². The summed E-state index contributed by atoms with van der Waals surface area (Å²) in [6, 6.07) is 16.5. The number of anilines is 1. The Labute approximate surface area is 333 Å². The number of carbonyl (C=O) groups is 3. The van der Waals surface area contributed by atoms with Crippen LogP contribution in [0.25, 0.3) is 21.2 Å². The van der Waals surface area contributed by atoms with Crippen molar-refractivity contribution in [2.45, 2.75) is 52.5 Å². The number of carboxylic acid groups (broad SMARTS) is 1. The fourth-order valence-corrected chi connectivity index (χ4v) is 6.51. The number of rotatable bonds is 28. The number of hydrogen-bond donors (Lipinski definition) is 4. The zero-order valence-electron chi connectivity index (χ0n) is 32.7. The maximum Gasteiger partial charge on any atom is 0.305 e. The number of amides is 2. The lowest BCUT2D eigenvalue weighted by molar-refractivity contribution is -0.138. The molecule has 0 spiro atoms. The highest BCUT2D eigenvalue weighted by Gasteiger charge is 2.19.